The van der Waals surface area contributed by atoms with Gasteiger partial charge in [-0.05, 0) is 128 Å². The summed E-state index contributed by atoms with van der Waals surface area (Å²) in [6.45, 7) is 24.5. The van der Waals surface area contributed by atoms with Crippen molar-refractivity contribution in [1.82, 2.24) is 10.2 Å². The first kappa shape index (κ1) is 35.3. The molecule has 272 valence electrons. The molecule has 0 radical (unpaired) electrons. The van der Waals surface area contributed by atoms with Crippen molar-refractivity contribution in [2.45, 2.75) is 138 Å². The molecule has 4 saturated carbocycles. The van der Waals surface area contributed by atoms with Crippen LogP contribution < -0.4 is 0 Å². The van der Waals surface area contributed by atoms with E-state index in [1.54, 1.807) is 20.1 Å². The Kier molecular flexibility index (Phi) is 8.05. The molecule has 7 rings (SSSR count). The minimum Gasteiger partial charge on any atom is -0.495 e. The standard InChI is InChI=1S/C42H58N2O6/c1-24(2)32-27(45)23-42(35-44-43-34(50-35)28-12-11-21-48-28)20-19-40(9)26(33(32)42)13-14-30-39(8)17-16-31(49-25(3)22-37(4,5)36(46)47)38(6,7)29(39)15-18-41(30,40)10/h11-12,21,24,26,29-31H,3,13-20,22-23H2,1-2,4-10H3,(H,46,47)/t26-,29+,30-,31+,39+,40-,41+,42-/m1/s1. The zero-order valence-corrected chi connectivity index (χ0v) is 31.8. The van der Waals surface area contributed by atoms with Crippen molar-refractivity contribution in [2.24, 2.45) is 50.7 Å². The number of ether oxygens (including phenoxy) is 1. The topological polar surface area (TPSA) is 116 Å². The molecule has 2 heterocycles. The number of carboxylic acids is 1. The Labute approximate surface area is 297 Å². The number of ketones is 1. The van der Waals surface area contributed by atoms with Crippen LogP contribution in [0, 0.1) is 50.7 Å². The maximum atomic E-state index is 14.1. The van der Waals surface area contributed by atoms with Gasteiger partial charge in [-0.3, -0.25) is 9.59 Å². The molecule has 1 N–H and O–H groups in total. The predicted octanol–water partition coefficient (Wildman–Crippen LogP) is 9.96. The molecular formula is C42H58N2O6. The number of carbonyl (C=O) groups excluding carboxylic acids is 1. The van der Waals surface area contributed by atoms with Crippen LogP contribution in [-0.2, 0) is 19.7 Å². The smallest absolute Gasteiger partial charge is 0.309 e. The number of hydrogen-bond donors (Lipinski definition) is 1. The molecule has 5 aliphatic rings. The van der Waals surface area contributed by atoms with E-state index < -0.39 is 16.8 Å². The fourth-order valence-electron chi connectivity index (χ4n) is 12.8. The van der Waals surface area contributed by atoms with E-state index >= 15 is 0 Å². The van der Waals surface area contributed by atoms with E-state index in [0.29, 0.717) is 48.0 Å². The van der Waals surface area contributed by atoms with Crippen LogP contribution in [0.5, 0.6) is 0 Å². The van der Waals surface area contributed by atoms with E-state index in [2.05, 4.69) is 65.2 Å². The Morgan fingerprint density at radius 2 is 1.76 bits per heavy atom. The molecule has 0 aliphatic heterocycles. The molecule has 0 aromatic carbocycles. The number of furan rings is 1. The second-order valence-corrected chi connectivity index (χ2v) is 19.0. The van der Waals surface area contributed by atoms with Gasteiger partial charge in [-0.2, -0.15) is 0 Å². The highest BCUT2D eigenvalue weighted by Gasteiger charge is 2.71. The van der Waals surface area contributed by atoms with Crippen molar-refractivity contribution < 1.29 is 28.3 Å². The SMILES string of the molecule is C=C(CC(C)(C)C(=O)O)O[C@H]1CC[C@]2(C)[C@H]3CC[C@@H]4C5=C(C(C)C)C(=O)C[C@]5(c5nnc(-c6ccco6)o5)CC[C@@]4(C)[C@@]3(C)CC[C@H]2C1(C)C. The molecule has 0 saturated heterocycles. The number of aromatic nitrogens is 2. The Morgan fingerprint density at radius 3 is 2.42 bits per heavy atom. The molecule has 8 atom stereocenters. The number of carboxylic acid groups (broad SMARTS) is 1. The second-order valence-electron chi connectivity index (χ2n) is 19.0. The van der Waals surface area contributed by atoms with Gasteiger partial charge in [0.1, 0.15) is 6.10 Å². The van der Waals surface area contributed by atoms with Gasteiger partial charge in [0.15, 0.2) is 11.5 Å². The summed E-state index contributed by atoms with van der Waals surface area (Å²) in [5.74, 6) is 2.91. The molecule has 0 spiro atoms. The first-order valence-electron chi connectivity index (χ1n) is 19.1. The van der Waals surface area contributed by atoms with E-state index in [9.17, 15) is 14.7 Å². The van der Waals surface area contributed by atoms with Crippen molar-refractivity contribution in [2.75, 3.05) is 0 Å². The Hall–Kier alpha value is -3.16. The van der Waals surface area contributed by atoms with Crippen molar-refractivity contribution in [3.05, 3.63) is 47.8 Å². The van der Waals surface area contributed by atoms with Gasteiger partial charge < -0.3 is 18.7 Å². The lowest BCUT2D eigenvalue weighted by Gasteiger charge is -2.72. The summed E-state index contributed by atoms with van der Waals surface area (Å²) in [4.78, 5) is 25.9. The molecule has 0 amide bonds. The van der Waals surface area contributed by atoms with Gasteiger partial charge in [0.2, 0.25) is 5.89 Å². The highest BCUT2D eigenvalue weighted by molar-refractivity contribution is 6.01. The van der Waals surface area contributed by atoms with Gasteiger partial charge >= 0.3 is 5.97 Å². The Morgan fingerprint density at radius 1 is 1.02 bits per heavy atom. The van der Waals surface area contributed by atoms with Crippen molar-refractivity contribution in [3.8, 4) is 11.7 Å². The molecule has 0 unspecified atom stereocenters. The summed E-state index contributed by atoms with van der Waals surface area (Å²) in [6, 6.07) is 3.65. The molecule has 0 bridgehead atoms. The molecule has 2 aromatic rings. The van der Waals surface area contributed by atoms with Crippen molar-refractivity contribution in [1.29, 1.82) is 0 Å². The minimum absolute atomic E-state index is 0.00739. The highest BCUT2D eigenvalue weighted by atomic mass is 16.5. The zero-order valence-electron chi connectivity index (χ0n) is 31.8. The average Bonchev–Trinajstić information content (AvgIpc) is 3.78. The number of nitrogens with zero attached hydrogens (tertiary/aromatic N) is 2. The molecule has 4 fully saturated rings. The van der Waals surface area contributed by atoms with Gasteiger partial charge in [-0.15, -0.1) is 10.2 Å². The monoisotopic (exact) mass is 686 g/mol. The lowest BCUT2D eigenvalue weighted by Crippen LogP contribution is -2.66. The minimum atomic E-state index is -0.914. The van der Waals surface area contributed by atoms with Crippen molar-refractivity contribution in [3.63, 3.8) is 0 Å². The van der Waals surface area contributed by atoms with Gasteiger partial charge in [0, 0.05) is 18.3 Å². The normalized spacial score (nSPS) is 37.9. The van der Waals surface area contributed by atoms with Gasteiger partial charge in [-0.25, -0.2) is 0 Å². The number of hydrogen-bond acceptors (Lipinski definition) is 7. The van der Waals surface area contributed by atoms with Gasteiger partial charge in [0.05, 0.1) is 22.9 Å². The molecule has 8 heteroatoms. The van der Waals surface area contributed by atoms with Crippen LogP contribution in [-0.4, -0.2) is 33.2 Å². The van der Waals surface area contributed by atoms with Crippen LogP contribution >= 0.6 is 0 Å². The lowest BCUT2D eigenvalue weighted by atomic mass is 9.33. The largest absolute Gasteiger partial charge is 0.495 e. The second kappa shape index (κ2) is 11.4. The molecule has 2 aromatic heterocycles. The highest BCUT2D eigenvalue weighted by Crippen LogP contribution is 2.77. The van der Waals surface area contributed by atoms with Crippen LogP contribution in [0.15, 0.2) is 50.7 Å². The number of carbonyl (C=O) groups is 2. The number of fused-ring (bicyclic) bond motifs is 7. The summed E-state index contributed by atoms with van der Waals surface area (Å²) in [7, 11) is 0. The maximum absolute atomic E-state index is 14.1. The van der Waals surface area contributed by atoms with Gasteiger partial charge in [-0.1, -0.05) is 55.0 Å². The number of allylic oxidation sites excluding steroid dienone is 3. The van der Waals surface area contributed by atoms with Gasteiger partial charge in [0.25, 0.3) is 5.89 Å². The Balaban J connectivity index is 1.21. The molecule has 5 aliphatic carbocycles. The van der Waals surface area contributed by atoms with Crippen LogP contribution in [0.1, 0.15) is 132 Å². The molecule has 50 heavy (non-hydrogen) atoms. The summed E-state index contributed by atoms with van der Waals surface area (Å²) in [5, 5.41) is 18.8. The molecule has 8 nitrogen and oxygen atoms in total. The number of aliphatic carboxylic acids is 1. The van der Waals surface area contributed by atoms with Crippen LogP contribution in [0.2, 0.25) is 0 Å². The summed E-state index contributed by atoms with van der Waals surface area (Å²) < 4.78 is 18.6. The number of rotatable bonds is 8. The molecular weight excluding hydrogens is 628 g/mol. The first-order chi connectivity index (χ1) is 23.3. The average molecular weight is 687 g/mol. The van der Waals surface area contributed by atoms with E-state index in [1.807, 2.05) is 12.1 Å². The lowest BCUT2D eigenvalue weighted by molar-refractivity contribution is -0.229. The maximum Gasteiger partial charge on any atom is 0.309 e. The van der Waals surface area contributed by atoms with E-state index in [0.717, 1.165) is 56.9 Å². The predicted molar refractivity (Wildman–Crippen MR) is 191 cm³/mol. The van der Waals surface area contributed by atoms with Crippen molar-refractivity contribution >= 4 is 11.8 Å². The third kappa shape index (κ3) is 4.81. The third-order valence-corrected chi connectivity index (χ3v) is 15.5. The third-order valence-electron chi connectivity index (χ3n) is 15.5. The number of Topliss-reactive ketones (excluding diaryl/α,β-unsaturated/α-hetero) is 1. The summed E-state index contributed by atoms with van der Waals surface area (Å²) in [5.41, 5.74) is 1.01. The van der Waals surface area contributed by atoms with E-state index in [-0.39, 0.29) is 45.4 Å². The van der Waals surface area contributed by atoms with E-state index in [4.69, 9.17) is 13.6 Å². The summed E-state index contributed by atoms with van der Waals surface area (Å²) >= 11 is 0. The van der Waals surface area contributed by atoms with Crippen LogP contribution in [0.25, 0.3) is 11.7 Å². The van der Waals surface area contributed by atoms with Crippen LogP contribution in [0.3, 0.4) is 0 Å². The van der Waals surface area contributed by atoms with E-state index in [1.165, 1.54) is 5.57 Å². The Bertz CT molecular complexity index is 1730. The van der Waals surface area contributed by atoms with Crippen LogP contribution in [0.4, 0.5) is 0 Å². The fraction of sp³-hybridized carbons (Fsp3) is 0.714. The fourth-order valence-corrected chi connectivity index (χ4v) is 12.8. The zero-order chi connectivity index (χ0) is 36.2. The summed E-state index contributed by atoms with van der Waals surface area (Å²) in [6.07, 6.45) is 10.7. The first-order valence-corrected chi connectivity index (χ1v) is 19.1. The quantitative estimate of drug-likeness (QED) is 0.273.